The summed E-state index contributed by atoms with van der Waals surface area (Å²) in [6.07, 6.45) is 3.07. The van der Waals surface area contributed by atoms with Crippen LogP contribution in [0.4, 0.5) is 5.69 Å². The van der Waals surface area contributed by atoms with E-state index in [1.165, 1.54) is 0 Å². The van der Waals surface area contributed by atoms with E-state index in [1.54, 1.807) is 0 Å². The Morgan fingerprint density at radius 3 is 2.81 bits per heavy atom. The number of hydrogen-bond donors (Lipinski definition) is 1. The molecule has 1 unspecified atom stereocenters. The van der Waals surface area contributed by atoms with Crippen LogP contribution in [0, 0.1) is 0 Å². The normalized spacial score (nSPS) is 22.4. The molecule has 7 heteroatoms. The molecule has 0 amide bonds. The number of hydrogen-bond acceptors (Lipinski definition) is 5. The van der Waals surface area contributed by atoms with Crippen molar-refractivity contribution in [3.63, 3.8) is 0 Å². The van der Waals surface area contributed by atoms with Crippen molar-refractivity contribution in [2.75, 3.05) is 12.3 Å². The summed E-state index contributed by atoms with van der Waals surface area (Å²) < 4.78 is 12.9. The Morgan fingerprint density at radius 1 is 1.29 bits per heavy atom. The zero-order chi connectivity index (χ0) is 15.0. The average molecular weight is 417 g/mol. The quantitative estimate of drug-likeness (QED) is 0.740. The van der Waals surface area contributed by atoms with Gasteiger partial charge in [0.05, 0.1) is 11.3 Å². The Bertz CT molecular complexity index is 666. The second-order valence-corrected chi connectivity index (χ2v) is 7.08. The van der Waals surface area contributed by atoms with E-state index < -0.39 is 5.60 Å². The molecule has 2 heterocycles. The molecule has 1 aromatic carbocycles. The highest BCUT2D eigenvalue weighted by molar-refractivity contribution is 9.11. The van der Waals surface area contributed by atoms with Crippen LogP contribution in [0.15, 0.2) is 25.6 Å². The number of rotatable bonds is 2. The van der Waals surface area contributed by atoms with E-state index in [1.807, 2.05) is 19.1 Å². The average Bonchev–Trinajstić information content (AvgIpc) is 2.94. The van der Waals surface area contributed by atoms with Crippen molar-refractivity contribution in [3.05, 3.63) is 26.9 Å². The van der Waals surface area contributed by atoms with Crippen LogP contribution >= 0.6 is 31.9 Å². The fourth-order valence-corrected chi connectivity index (χ4v) is 3.64. The van der Waals surface area contributed by atoms with Gasteiger partial charge in [0.1, 0.15) is 5.60 Å². The van der Waals surface area contributed by atoms with Crippen LogP contribution in [0.25, 0.3) is 11.5 Å². The molecule has 112 valence electrons. The first-order valence-electron chi connectivity index (χ1n) is 6.73. The minimum absolute atomic E-state index is 0.403. The number of nitrogens with two attached hydrogens (primary N) is 1. The van der Waals surface area contributed by atoms with Gasteiger partial charge in [0.2, 0.25) is 5.82 Å². The van der Waals surface area contributed by atoms with Crippen LogP contribution in [0.5, 0.6) is 0 Å². The van der Waals surface area contributed by atoms with Crippen LogP contribution in [0.1, 0.15) is 32.0 Å². The molecule has 0 radical (unpaired) electrons. The van der Waals surface area contributed by atoms with Crippen LogP contribution in [0.3, 0.4) is 0 Å². The highest BCUT2D eigenvalue weighted by Gasteiger charge is 2.35. The summed E-state index contributed by atoms with van der Waals surface area (Å²) in [5.74, 6) is 0.979. The zero-order valence-corrected chi connectivity index (χ0v) is 14.7. The predicted octanol–water partition coefficient (Wildman–Crippen LogP) is 4.26. The molecule has 0 aliphatic carbocycles. The van der Waals surface area contributed by atoms with E-state index in [2.05, 4.69) is 42.0 Å². The Hall–Kier alpha value is -0.920. The van der Waals surface area contributed by atoms with Gasteiger partial charge in [-0.05, 0) is 54.2 Å². The van der Waals surface area contributed by atoms with Crippen molar-refractivity contribution >= 4 is 37.5 Å². The maximum atomic E-state index is 6.08. The van der Waals surface area contributed by atoms with E-state index in [0.29, 0.717) is 23.0 Å². The van der Waals surface area contributed by atoms with Gasteiger partial charge in [0.15, 0.2) is 0 Å². The summed E-state index contributed by atoms with van der Waals surface area (Å²) in [5.41, 5.74) is 6.88. The summed E-state index contributed by atoms with van der Waals surface area (Å²) in [6.45, 7) is 2.73. The SMILES string of the molecule is CC1(c2noc(-c3cc(Br)cc(Br)c3N)n2)CCCCO1. The Labute approximate surface area is 139 Å². The molecule has 1 fully saturated rings. The van der Waals surface area contributed by atoms with E-state index >= 15 is 0 Å². The minimum Gasteiger partial charge on any atom is -0.397 e. The lowest BCUT2D eigenvalue weighted by Gasteiger charge is -2.30. The van der Waals surface area contributed by atoms with Crippen LogP contribution in [0.2, 0.25) is 0 Å². The van der Waals surface area contributed by atoms with Gasteiger partial charge in [-0.15, -0.1) is 0 Å². The van der Waals surface area contributed by atoms with E-state index in [4.69, 9.17) is 15.0 Å². The second kappa shape index (κ2) is 5.70. The van der Waals surface area contributed by atoms with Gasteiger partial charge in [0.25, 0.3) is 5.89 Å². The maximum Gasteiger partial charge on any atom is 0.260 e. The summed E-state index contributed by atoms with van der Waals surface area (Å²) in [7, 11) is 0. The molecule has 1 saturated heterocycles. The lowest BCUT2D eigenvalue weighted by molar-refractivity contribution is -0.0770. The number of benzene rings is 1. The number of anilines is 1. The highest BCUT2D eigenvalue weighted by Crippen LogP contribution is 2.37. The van der Waals surface area contributed by atoms with E-state index in [0.717, 1.165) is 34.8 Å². The predicted molar refractivity (Wildman–Crippen MR) is 86.7 cm³/mol. The van der Waals surface area contributed by atoms with Crippen molar-refractivity contribution in [2.24, 2.45) is 0 Å². The van der Waals surface area contributed by atoms with Gasteiger partial charge in [-0.2, -0.15) is 4.98 Å². The molecule has 0 saturated carbocycles. The zero-order valence-electron chi connectivity index (χ0n) is 11.5. The summed E-state index contributed by atoms with van der Waals surface area (Å²) >= 11 is 6.86. The largest absolute Gasteiger partial charge is 0.397 e. The molecule has 0 bridgehead atoms. The first-order valence-corrected chi connectivity index (χ1v) is 8.31. The van der Waals surface area contributed by atoms with Crippen molar-refractivity contribution in [3.8, 4) is 11.5 Å². The molecule has 3 rings (SSSR count). The smallest absolute Gasteiger partial charge is 0.260 e. The molecule has 1 atom stereocenters. The molecule has 21 heavy (non-hydrogen) atoms. The van der Waals surface area contributed by atoms with Gasteiger partial charge in [-0.3, -0.25) is 0 Å². The molecule has 2 N–H and O–H groups in total. The van der Waals surface area contributed by atoms with Gasteiger partial charge >= 0.3 is 0 Å². The van der Waals surface area contributed by atoms with Crippen LogP contribution in [-0.4, -0.2) is 16.7 Å². The van der Waals surface area contributed by atoms with Crippen molar-refractivity contribution in [1.29, 1.82) is 0 Å². The molecular formula is C14H15Br2N3O2. The fraction of sp³-hybridized carbons (Fsp3) is 0.429. The van der Waals surface area contributed by atoms with Gasteiger partial charge < -0.3 is 15.0 Å². The number of ether oxygens (including phenoxy) is 1. The Morgan fingerprint density at radius 2 is 2.10 bits per heavy atom. The fourth-order valence-electron chi connectivity index (χ4n) is 2.42. The van der Waals surface area contributed by atoms with E-state index in [9.17, 15) is 0 Å². The molecule has 0 spiro atoms. The summed E-state index contributed by atoms with van der Waals surface area (Å²) in [4.78, 5) is 4.49. The van der Waals surface area contributed by atoms with Gasteiger partial charge in [-0.25, -0.2) is 0 Å². The molecule has 1 aliphatic heterocycles. The molecule has 5 nitrogen and oxygen atoms in total. The van der Waals surface area contributed by atoms with Gasteiger partial charge in [0, 0.05) is 15.6 Å². The van der Waals surface area contributed by atoms with Crippen molar-refractivity contribution < 1.29 is 9.26 Å². The monoisotopic (exact) mass is 415 g/mol. The van der Waals surface area contributed by atoms with Crippen LogP contribution < -0.4 is 5.73 Å². The minimum atomic E-state index is -0.474. The van der Waals surface area contributed by atoms with Crippen molar-refractivity contribution in [2.45, 2.75) is 31.8 Å². The van der Waals surface area contributed by atoms with E-state index in [-0.39, 0.29) is 0 Å². The number of halogens is 2. The van der Waals surface area contributed by atoms with Crippen molar-refractivity contribution in [1.82, 2.24) is 10.1 Å². The first-order chi connectivity index (χ1) is 9.99. The Balaban J connectivity index is 1.99. The highest BCUT2D eigenvalue weighted by atomic mass is 79.9. The summed E-state index contributed by atoms with van der Waals surface area (Å²) in [6, 6.07) is 3.74. The molecular weight excluding hydrogens is 402 g/mol. The molecule has 1 aliphatic rings. The lowest BCUT2D eigenvalue weighted by Crippen LogP contribution is -2.31. The number of aromatic nitrogens is 2. The third-order valence-electron chi connectivity index (χ3n) is 3.69. The topological polar surface area (TPSA) is 74.2 Å². The number of nitrogen functional groups attached to an aromatic ring is 1. The lowest BCUT2D eigenvalue weighted by atomic mass is 9.95. The van der Waals surface area contributed by atoms with Crippen LogP contribution in [-0.2, 0) is 10.3 Å². The molecule has 1 aromatic heterocycles. The standard InChI is InChI=1S/C14H15Br2N3O2/c1-14(4-2-3-5-20-14)13-18-12(21-19-13)9-6-8(15)7-10(16)11(9)17/h6-7H,2-5,17H2,1H3. The third-order valence-corrected chi connectivity index (χ3v) is 4.81. The third kappa shape index (κ3) is 2.86. The number of nitrogens with zero attached hydrogens (tertiary/aromatic N) is 2. The molecule has 2 aromatic rings. The Kier molecular flexibility index (Phi) is 4.07. The first kappa shape index (κ1) is 15.0. The maximum absolute atomic E-state index is 6.08. The summed E-state index contributed by atoms with van der Waals surface area (Å²) in [5, 5.41) is 4.09. The second-order valence-electron chi connectivity index (χ2n) is 5.31. The van der Waals surface area contributed by atoms with Gasteiger partial charge in [-0.1, -0.05) is 21.1 Å².